The van der Waals surface area contributed by atoms with E-state index in [-0.39, 0.29) is 0 Å². The molecule has 6 heteroatoms. The van der Waals surface area contributed by atoms with Crippen LogP contribution in [0.5, 0.6) is 0 Å². The van der Waals surface area contributed by atoms with Crippen LogP contribution >= 0.6 is 0 Å². The lowest BCUT2D eigenvalue weighted by molar-refractivity contribution is -0.150. The quantitative estimate of drug-likeness (QED) is 0.623. The molecule has 1 heterocycles. The molecule has 0 spiro atoms. The van der Waals surface area contributed by atoms with Crippen molar-refractivity contribution in [3.05, 3.63) is 83.9 Å². The summed E-state index contributed by atoms with van der Waals surface area (Å²) in [7, 11) is 0. The van der Waals surface area contributed by atoms with Crippen LogP contribution in [0.15, 0.2) is 72.8 Å². The number of carbonyl (C=O) groups is 2. The zero-order valence-electron chi connectivity index (χ0n) is 17.7. The van der Waals surface area contributed by atoms with Crippen LogP contribution in [0.2, 0.25) is 0 Å². The zero-order chi connectivity index (χ0) is 22.2. The summed E-state index contributed by atoms with van der Waals surface area (Å²) < 4.78 is 11.7. The normalized spacial score (nSPS) is 21.3. The number of amides is 1. The van der Waals surface area contributed by atoms with Crippen LogP contribution in [-0.2, 0) is 14.3 Å². The summed E-state index contributed by atoms with van der Waals surface area (Å²) in [6.45, 7) is 5.34. The van der Waals surface area contributed by atoms with E-state index in [4.69, 9.17) is 9.47 Å². The van der Waals surface area contributed by atoms with Gasteiger partial charge in [-0.15, -0.1) is 0 Å². The first kappa shape index (κ1) is 20.9. The molecule has 1 aliphatic rings. The molecule has 1 amide bonds. The summed E-state index contributed by atoms with van der Waals surface area (Å²) in [5, 5.41) is 11.8. The molecule has 4 rings (SSSR count). The molecule has 3 atom stereocenters. The number of carbonyl (C=O) groups excluding carboxylic acids is 1. The van der Waals surface area contributed by atoms with Crippen LogP contribution in [0.4, 0.5) is 4.79 Å². The minimum atomic E-state index is -1.24. The van der Waals surface area contributed by atoms with Crippen molar-refractivity contribution in [2.24, 2.45) is 0 Å². The van der Waals surface area contributed by atoms with Gasteiger partial charge in [0.15, 0.2) is 12.3 Å². The second-order valence-corrected chi connectivity index (χ2v) is 8.56. The van der Waals surface area contributed by atoms with Gasteiger partial charge in [-0.3, -0.25) is 4.90 Å². The molecule has 6 nitrogen and oxygen atoms in total. The van der Waals surface area contributed by atoms with Gasteiger partial charge in [0.1, 0.15) is 11.6 Å². The van der Waals surface area contributed by atoms with Crippen molar-refractivity contribution < 1.29 is 24.2 Å². The van der Waals surface area contributed by atoms with Crippen LogP contribution < -0.4 is 0 Å². The molecule has 0 radical (unpaired) electrons. The van der Waals surface area contributed by atoms with E-state index in [0.29, 0.717) is 11.1 Å². The SMILES string of the molecule is CC(C)(C)OC(=O)N1C(c2cccc3ccccc23)OC(C(=O)O)C1c1ccccc1. The molecule has 0 aliphatic carbocycles. The maximum Gasteiger partial charge on any atom is 0.413 e. The van der Waals surface area contributed by atoms with Gasteiger partial charge in [0.05, 0.1) is 0 Å². The zero-order valence-corrected chi connectivity index (χ0v) is 17.7. The highest BCUT2D eigenvalue weighted by Gasteiger charge is 2.51. The Morgan fingerprint density at radius 1 is 0.935 bits per heavy atom. The van der Waals surface area contributed by atoms with Crippen molar-refractivity contribution >= 4 is 22.8 Å². The summed E-state index contributed by atoms with van der Waals surface area (Å²) >= 11 is 0. The Hall–Kier alpha value is -3.38. The molecule has 0 bridgehead atoms. The van der Waals surface area contributed by atoms with E-state index in [1.807, 2.05) is 60.7 Å². The molecule has 1 aliphatic heterocycles. The van der Waals surface area contributed by atoms with Crippen LogP contribution in [0.1, 0.15) is 44.2 Å². The third-order valence-corrected chi connectivity index (χ3v) is 5.19. The standard InChI is InChI=1S/C25H25NO5/c1-25(2,3)31-24(29)26-20(17-11-5-4-6-12-17)21(23(27)28)30-22(26)19-15-9-13-16-10-7-8-14-18(16)19/h4-15,20-22H,1-3H3,(H,27,28). The van der Waals surface area contributed by atoms with Crippen molar-refractivity contribution in [2.45, 2.75) is 44.7 Å². The number of carboxylic acids is 1. The number of ether oxygens (including phenoxy) is 2. The fourth-order valence-corrected chi connectivity index (χ4v) is 3.96. The van der Waals surface area contributed by atoms with Crippen LogP contribution in [0, 0.1) is 0 Å². The van der Waals surface area contributed by atoms with Crippen molar-refractivity contribution in [2.75, 3.05) is 0 Å². The van der Waals surface area contributed by atoms with Gasteiger partial charge < -0.3 is 14.6 Å². The monoisotopic (exact) mass is 419 g/mol. The Bertz CT molecular complexity index is 1100. The third kappa shape index (κ3) is 4.11. The molecule has 1 fully saturated rings. The van der Waals surface area contributed by atoms with Gasteiger partial charge in [-0.2, -0.15) is 0 Å². The van der Waals surface area contributed by atoms with E-state index < -0.39 is 36.0 Å². The van der Waals surface area contributed by atoms with Crippen LogP contribution in [-0.4, -0.2) is 33.8 Å². The van der Waals surface area contributed by atoms with E-state index in [1.165, 1.54) is 4.90 Å². The number of rotatable bonds is 3. The van der Waals surface area contributed by atoms with Gasteiger partial charge in [-0.1, -0.05) is 72.8 Å². The van der Waals surface area contributed by atoms with Gasteiger partial charge in [-0.05, 0) is 37.1 Å². The van der Waals surface area contributed by atoms with Crippen LogP contribution in [0.3, 0.4) is 0 Å². The number of benzene rings is 3. The molecule has 3 aromatic rings. The Morgan fingerprint density at radius 3 is 2.26 bits per heavy atom. The average Bonchev–Trinajstić information content (AvgIpc) is 3.14. The fourth-order valence-electron chi connectivity index (χ4n) is 3.96. The fraction of sp³-hybridized carbons (Fsp3) is 0.280. The van der Waals surface area contributed by atoms with E-state index in [2.05, 4.69) is 0 Å². The highest BCUT2D eigenvalue weighted by molar-refractivity contribution is 5.87. The summed E-state index contributed by atoms with van der Waals surface area (Å²) in [6, 6.07) is 21.7. The van der Waals surface area contributed by atoms with E-state index in [0.717, 1.165) is 10.8 Å². The lowest BCUT2D eigenvalue weighted by Crippen LogP contribution is -2.40. The van der Waals surface area contributed by atoms with Crippen molar-refractivity contribution in [3.8, 4) is 0 Å². The second-order valence-electron chi connectivity index (χ2n) is 8.56. The topological polar surface area (TPSA) is 76.1 Å². The predicted molar refractivity (Wildman–Crippen MR) is 116 cm³/mol. The summed E-state index contributed by atoms with van der Waals surface area (Å²) in [6.07, 6.45) is -2.77. The molecule has 1 N–H and O–H groups in total. The van der Waals surface area contributed by atoms with E-state index >= 15 is 0 Å². The Kier molecular flexibility index (Phi) is 5.41. The summed E-state index contributed by atoms with van der Waals surface area (Å²) in [4.78, 5) is 27.0. The number of nitrogens with zero attached hydrogens (tertiary/aromatic N) is 1. The predicted octanol–water partition coefficient (Wildman–Crippen LogP) is 5.30. The van der Waals surface area contributed by atoms with E-state index in [1.54, 1.807) is 32.9 Å². The smallest absolute Gasteiger partial charge is 0.413 e. The molecule has 31 heavy (non-hydrogen) atoms. The maximum atomic E-state index is 13.4. The largest absolute Gasteiger partial charge is 0.479 e. The van der Waals surface area contributed by atoms with Crippen molar-refractivity contribution in [1.82, 2.24) is 4.90 Å². The summed E-state index contributed by atoms with van der Waals surface area (Å²) in [5.41, 5.74) is 0.639. The van der Waals surface area contributed by atoms with Gasteiger partial charge in [0.25, 0.3) is 0 Å². The molecular weight excluding hydrogens is 394 g/mol. The highest BCUT2D eigenvalue weighted by atomic mass is 16.6. The molecular formula is C25H25NO5. The molecule has 3 aromatic carbocycles. The molecule has 0 aromatic heterocycles. The van der Waals surface area contributed by atoms with Gasteiger partial charge in [0, 0.05) is 5.56 Å². The van der Waals surface area contributed by atoms with Crippen molar-refractivity contribution in [1.29, 1.82) is 0 Å². The van der Waals surface area contributed by atoms with Crippen LogP contribution in [0.25, 0.3) is 10.8 Å². The number of fused-ring (bicyclic) bond motifs is 1. The number of aliphatic carboxylic acids is 1. The number of carboxylic acid groups (broad SMARTS) is 1. The number of hydrogen-bond acceptors (Lipinski definition) is 4. The number of hydrogen-bond donors (Lipinski definition) is 1. The highest BCUT2D eigenvalue weighted by Crippen LogP contribution is 2.45. The molecule has 0 saturated carbocycles. The first-order valence-electron chi connectivity index (χ1n) is 10.2. The second kappa shape index (κ2) is 8.04. The van der Waals surface area contributed by atoms with Gasteiger partial charge in [-0.25, -0.2) is 9.59 Å². The van der Waals surface area contributed by atoms with Crippen molar-refractivity contribution in [3.63, 3.8) is 0 Å². The Morgan fingerprint density at radius 2 is 1.58 bits per heavy atom. The summed E-state index contributed by atoms with van der Waals surface area (Å²) in [5.74, 6) is -1.13. The molecule has 1 saturated heterocycles. The average molecular weight is 419 g/mol. The minimum absolute atomic E-state index is 0.622. The maximum absolute atomic E-state index is 13.4. The Balaban J connectivity index is 1.88. The lowest BCUT2D eigenvalue weighted by atomic mass is 9.99. The first-order chi connectivity index (χ1) is 14.8. The molecule has 160 valence electrons. The van der Waals surface area contributed by atoms with Gasteiger partial charge in [0.2, 0.25) is 0 Å². The first-order valence-corrected chi connectivity index (χ1v) is 10.2. The minimum Gasteiger partial charge on any atom is -0.479 e. The molecule has 3 unspecified atom stereocenters. The van der Waals surface area contributed by atoms with Gasteiger partial charge >= 0.3 is 12.1 Å². The third-order valence-electron chi connectivity index (χ3n) is 5.19. The Labute approximate surface area is 181 Å². The lowest BCUT2D eigenvalue weighted by Gasteiger charge is -2.32. The van der Waals surface area contributed by atoms with E-state index in [9.17, 15) is 14.7 Å².